The highest BCUT2D eigenvalue weighted by Gasteiger charge is 2.24. The average Bonchev–Trinajstić information content (AvgIpc) is 3.23. The minimum absolute atomic E-state index is 0.0237. The molecule has 0 aliphatic carbocycles. The smallest absolute Gasteiger partial charge is 0.223 e. The first-order valence-corrected chi connectivity index (χ1v) is 11.2. The molecule has 1 N–H and O–H groups in total. The van der Waals surface area contributed by atoms with E-state index in [1.807, 2.05) is 44.2 Å². The summed E-state index contributed by atoms with van der Waals surface area (Å²) in [6.45, 7) is 3.81. The second kappa shape index (κ2) is 10.5. The quantitative estimate of drug-likeness (QED) is 0.466. The monoisotopic (exact) mass is 457 g/mol. The van der Waals surface area contributed by atoms with Gasteiger partial charge in [-0.2, -0.15) is 0 Å². The molecule has 1 heterocycles. The Morgan fingerprint density at radius 1 is 1.13 bits per heavy atom. The third-order valence-corrected chi connectivity index (χ3v) is 5.86. The molecule has 0 aliphatic rings. The molecule has 162 valence electrons. The van der Waals surface area contributed by atoms with E-state index in [-0.39, 0.29) is 24.2 Å². The summed E-state index contributed by atoms with van der Waals surface area (Å²) >= 11 is 7.69. The summed E-state index contributed by atoms with van der Waals surface area (Å²) in [5.41, 5.74) is 1.41. The van der Waals surface area contributed by atoms with Gasteiger partial charge in [-0.15, -0.1) is 10.2 Å². The van der Waals surface area contributed by atoms with Gasteiger partial charge in [0.15, 0.2) is 5.78 Å². The lowest BCUT2D eigenvalue weighted by molar-refractivity contribution is -0.124. The molecule has 0 radical (unpaired) electrons. The predicted octanol–water partition coefficient (Wildman–Crippen LogP) is 4.82. The van der Waals surface area contributed by atoms with Crippen LogP contribution < -0.4 is 10.1 Å². The molecule has 31 heavy (non-hydrogen) atoms. The standard InChI is InChI=1S/C23H24ClN3O3S/c1-14(2)30-20-10-9-16(11-18(20)24)19(28)12-17(22(29)25-3)13-21-26-27-23(31-21)15-7-5-4-6-8-15/h4-11,14,17H,12-13H2,1-3H3,(H,25,29)/t17-/m0/s1. The molecule has 1 atom stereocenters. The lowest BCUT2D eigenvalue weighted by atomic mass is 9.94. The molecule has 0 fully saturated rings. The van der Waals surface area contributed by atoms with Crippen molar-refractivity contribution in [1.82, 2.24) is 15.5 Å². The molecule has 2 aromatic carbocycles. The molecular formula is C23H24ClN3O3S. The highest BCUT2D eigenvalue weighted by Crippen LogP contribution is 2.29. The van der Waals surface area contributed by atoms with Gasteiger partial charge in [0.25, 0.3) is 0 Å². The number of halogens is 1. The maximum atomic E-state index is 12.9. The van der Waals surface area contributed by atoms with Gasteiger partial charge in [-0.1, -0.05) is 53.3 Å². The van der Waals surface area contributed by atoms with Crippen LogP contribution in [0.3, 0.4) is 0 Å². The van der Waals surface area contributed by atoms with E-state index in [1.165, 1.54) is 11.3 Å². The van der Waals surface area contributed by atoms with Crippen LogP contribution in [0.5, 0.6) is 5.75 Å². The molecular weight excluding hydrogens is 434 g/mol. The van der Waals surface area contributed by atoms with Crippen molar-refractivity contribution < 1.29 is 14.3 Å². The van der Waals surface area contributed by atoms with Crippen molar-refractivity contribution in [2.75, 3.05) is 7.05 Å². The third kappa shape index (κ3) is 6.12. The Kier molecular flexibility index (Phi) is 7.76. The van der Waals surface area contributed by atoms with Gasteiger partial charge in [-0.25, -0.2) is 0 Å². The van der Waals surface area contributed by atoms with Crippen LogP contribution in [0.2, 0.25) is 5.02 Å². The van der Waals surface area contributed by atoms with E-state index in [9.17, 15) is 9.59 Å². The molecule has 3 rings (SSSR count). The molecule has 0 unspecified atom stereocenters. The SMILES string of the molecule is CNC(=O)[C@@H](CC(=O)c1ccc(OC(C)C)c(Cl)c1)Cc1nnc(-c2ccccc2)s1. The Morgan fingerprint density at radius 2 is 1.87 bits per heavy atom. The summed E-state index contributed by atoms with van der Waals surface area (Å²) in [5, 5.41) is 12.9. The van der Waals surface area contributed by atoms with Crippen LogP contribution in [0.1, 0.15) is 35.6 Å². The summed E-state index contributed by atoms with van der Waals surface area (Å²) in [5.74, 6) is -0.409. The van der Waals surface area contributed by atoms with Gasteiger partial charge >= 0.3 is 0 Å². The lowest BCUT2D eigenvalue weighted by Gasteiger charge is -2.14. The minimum Gasteiger partial charge on any atom is -0.489 e. The van der Waals surface area contributed by atoms with Crippen LogP contribution in [-0.4, -0.2) is 35.0 Å². The van der Waals surface area contributed by atoms with E-state index in [0.29, 0.717) is 27.8 Å². The van der Waals surface area contributed by atoms with E-state index in [0.717, 1.165) is 10.6 Å². The first kappa shape index (κ1) is 22.9. The lowest BCUT2D eigenvalue weighted by Crippen LogP contribution is -2.30. The molecule has 0 spiro atoms. The van der Waals surface area contributed by atoms with Crippen molar-refractivity contribution in [1.29, 1.82) is 0 Å². The zero-order valence-electron chi connectivity index (χ0n) is 17.6. The summed E-state index contributed by atoms with van der Waals surface area (Å²) in [7, 11) is 1.56. The van der Waals surface area contributed by atoms with Gasteiger partial charge in [0.1, 0.15) is 15.8 Å². The maximum absolute atomic E-state index is 12.9. The Balaban J connectivity index is 1.73. The molecule has 1 aromatic heterocycles. The van der Waals surface area contributed by atoms with Crippen molar-refractivity contribution in [3.05, 3.63) is 64.1 Å². The number of benzene rings is 2. The number of ketones is 1. The predicted molar refractivity (Wildman–Crippen MR) is 123 cm³/mol. The second-order valence-corrected chi connectivity index (χ2v) is 8.79. The average molecular weight is 458 g/mol. The molecule has 6 nitrogen and oxygen atoms in total. The normalized spacial score (nSPS) is 11.9. The molecule has 3 aromatic rings. The van der Waals surface area contributed by atoms with E-state index in [4.69, 9.17) is 16.3 Å². The van der Waals surface area contributed by atoms with Gasteiger partial charge in [0.05, 0.1) is 17.0 Å². The van der Waals surface area contributed by atoms with Gasteiger partial charge in [-0.05, 0) is 32.0 Å². The number of hydrogen-bond donors (Lipinski definition) is 1. The van der Waals surface area contributed by atoms with E-state index < -0.39 is 5.92 Å². The fourth-order valence-corrected chi connectivity index (χ4v) is 4.22. The zero-order chi connectivity index (χ0) is 22.4. The first-order valence-electron chi connectivity index (χ1n) is 9.96. The number of amides is 1. The summed E-state index contributed by atoms with van der Waals surface area (Å²) in [6, 6.07) is 14.7. The van der Waals surface area contributed by atoms with Gasteiger partial charge < -0.3 is 10.1 Å². The number of nitrogens with zero attached hydrogens (tertiary/aromatic N) is 2. The van der Waals surface area contributed by atoms with Crippen LogP contribution in [0.15, 0.2) is 48.5 Å². The van der Waals surface area contributed by atoms with Gasteiger partial charge in [0, 0.05) is 31.0 Å². The molecule has 0 aliphatic heterocycles. The Morgan fingerprint density at radius 3 is 2.52 bits per heavy atom. The number of hydrogen-bond acceptors (Lipinski definition) is 6. The number of rotatable bonds is 9. The van der Waals surface area contributed by atoms with E-state index >= 15 is 0 Å². The largest absolute Gasteiger partial charge is 0.489 e. The number of ether oxygens (including phenoxy) is 1. The summed E-state index contributed by atoms with van der Waals surface area (Å²) < 4.78 is 5.61. The van der Waals surface area contributed by atoms with E-state index in [1.54, 1.807) is 25.2 Å². The zero-order valence-corrected chi connectivity index (χ0v) is 19.2. The highest BCUT2D eigenvalue weighted by molar-refractivity contribution is 7.14. The summed E-state index contributed by atoms with van der Waals surface area (Å²) in [6.07, 6.45) is 0.350. The number of aromatic nitrogens is 2. The Labute approximate surface area is 190 Å². The van der Waals surface area contributed by atoms with Gasteiger partial charge in [0.2, 0.25) is 5.91 Å². The van der Waals surface area contributed by atoms with E-state index in [2.05, 4.69) is 15.5 Å². The number of nitrogens with one attached hydrogen (secondary N) is 1. The number of Topliss-reactive ketones (excluding diaryl/α,β-unsaturated/α-hetero) is 1. The minimum atomic E-state index is -0.556. The molecule has 0 saturated heterocycles. The number of carbonyl (C=O) groups excluding carboxylic acids is 2. The topological polar surface area (TPSA) is 81.2 Å². The Hall–Kier alpha value is -2.77. The Bertz CT molecular complexity index is 1050. The van der Waals surface area contributed by atoms with Crippen LogP contribution in [-0.2, 0) is 11.2 Å². The molecule has 0 saturated carbocycles. The van der Waals surface area contributed by atoms with Crippen LogP contribution >= 0.6 is 22.9 Å². The van der Waals surface area contributed by atoms with Crippen molar-refractivity contribution in [3.63, 3.8) is 0 Å². The highest BCUT2D eigenvalue weighted by atomic mass is 35.5. The molecule has 8 heteroatoms. The van der Waals surface area contributed by atoms with Crippen LogP contribution in [0.25, 0.3) is 10.6 Å². The van der Waals surface area contributed by atoms with Crippen molar-refractivity contribution in [2.45, 2.75) is 32.8 Å². The van der Waals surface area contributed by atoms with Crippen molar-refractivity contribution in [2.24, 2.45) is 5.92 Å². The second-order valence-electron chi connectivity index (χ2n) is 7.32. The summed E-state index contributed by atoms with van der Waals surface area (Å²) in [4.78, 5) is 25.3. The number of carbonyl (C=O) groups is 2. The van der Waals surface area contributed by atoms with Gasteiger partial charge in [-0.3, -0.25) is 9.59 Å². The third-order valence-electron chi connectivity index (χ3n) is 4.57. The van der Waals surface area contributed by atoms with Crippen molar-refractivity contribution >= 4 is 34.6 Å². The van der Waals surface area contributed by atoms with Crippen molar-refractivity contribution in [3.8, 4) is 16.3 Å². The molecule has 0 bridgehead atoms. The van der Waals surface area contributed by atoms with Crippen LogP contribution in [0, 0.1) is 5.92 Å². The fourth-order valence-electron chi connectivity index (χ4n) is 3.07. The van der Waals surface area contributed by atoms with Crippen LogP contribution in [0.4, 0.5) is 0 Å². The first-order chi connectivity index (χ1) is 14.9. The molecule has 1 amide bonds. The maximum Gasteiger partial charge on any atom is 0.223 e. The fraction of sp³-hybridized carbons (Fsp3) is 0.304.